The van der Waals surface area contributed by atoms with E-state index in [-0.39, 0.29) is 12.0 Å². The molecule has 1 fully saturated rings. The summed E-state index contributed by atoms with van der Waals surface area (Å²) in [4.78, 5) is 32.0. The lowest BCUT2D eigenvalue weighted by molar-refractivity contribution is -0.140. The van der Waals surface area contributed by atoms with Crippen LogP contribution in [0, 0.1) is 0 Å². The Morgan fingerprint density at radius 2 is 2.11 bits per heavy atom. The molecule has 1 atom stereocenters. The van der Waals surface area contributed by atoms with Gasteiger partial charge in [-0.1, -0.05) is 12.1 Å². The summed E-state index contributed by atoms with van der Waals surface area (Å²) in [5.41, 5.74) is 0.706. The Morgan fingerprint density at radius 1 is 1.42 bits per heavy atom. The molecule has 0 spiro atoms. The average Bonchev–Trinajstić information content (AvgIpc) is 2.78. The number of rotatable bonds is 4. The standard InChI is InChI=1S/C13H10O6/c14-6-9-5-11(19-13(9)17)8-1-3-10(4-2-8)18-7-12(15)16/h1-4,11H,5,7H2,(H,15,16). The predicted octanol–water partition coefficient (Wildman–Crippen LogP) is 0.896. The van der Waals surface area contributed by atoms with Crippen molar-refractivity contribution in [3.8, 4) is 5.75 Å². The van der Waals surface area contributed by atoms with Crippen molar-refractivity contribution >= 4 is 17.9 Å². The number of cyclic esters (lactones) is 1. The first-order valence-corrected chi connectivity index (χ1v) is 5.49. The Kier molecular flexibility index (Phi) is 3.63. The monoisotopic (exact) mass is 262 g/mol. The molecular weight excluding hydrogens is 252 g/mol. The number of hydrogen-bond donors (Lipinski definition) is 1. The van der Waals surface area contributed by atoms with E-state index in [1.165, 1.54) is 0 Å². The number of aliphatic carboxylic acids is 1. The van der Waals surface area contributed by atoms with Crippen LogP contribution in [-0.4, -0.2) is 29.6 Å². The SMILES string of the molecule is O=C=C1CC(c2ccc(OCC(=O)O)cc2)OC1=O. The zero-order valence-electron chi connectivity index (χ0n) is 9.79. The van der Waals surface area contributed by atoms with Gasteiger partial charge in [0.05, 0.1) is 0 Å². The number of benzene rings is 1. The molecule has 0 radical (unpaired) electrons. The van der Waals surface area contributed by atoms with Crippen LogP contribution in [-0.2, 0) is 19.1 Å². The van der Waals surface area contributed by atoms with Gasteiger partial charge in [-0.15, -0.1) is 0 Å². The van der Waals surface area contributed by atoms with Gasteiger partial charge in [0.2, 0.25) is 0 Å². The zero-order chi connectivity index (χ0) is 13.8. The molecule has 1 aromatic carbocycles. The van der Waals surface area contributed by atoms with Crippen molar-refractivity contribution in [1.82, 2.24) is 0 Å². The first-order chi connectivity index (χ1) is 9.10. The summed E-state index contributed by atoms with van der Waals surface area (Å²) >= 11 is 0. The van der Waals surface area contributed by atoms with E-state index in [1.807, 2.05) is 0 Å². The van der Waals surface area contributed by atoms with Crippen molar-refractivity contribution in [3.05, 3.63) is 35.4 Å². The maximum atomic E-state index is 11.2. The Balaban J connectivity index is 2.05. The molecule has 98 valence electrons. The fourth-order valence-corrected chi connectivity index (χ4v) is 1.70. The molecule has 1 saturated heterocycles. The van der Waals surface area contributed by atoms with E-state index in [0.29, 0.717) is 11.3 Å². The van der Waals surface area contributed by atoms with Gasteiger partial charge < -0.3 is 14.6 Å². The predicted molar refractivity (Wildman–Crippen MR) is 62.2 cm³/mol. The van der Waals surface area contributed by atoms with Crippen LogP contribution in [0.4, 0.5) is 0 Å². The summed E-state index contributed by atoms with van der Waals surface area (Å²) in [5, 5.41) is 8.47. The van der Waals surface area contributed by atoms with Gasteiger partial charge in [-0.05, 0) is 17.7 Å². The number of esters is 1. The molecule has 1 N–H and O–H groups in total. The fourth-order valence-electron chi connectivity index (χ4n) is 1.70. The van der Waals surface area contributed by atoms with Gasteiger partial charge >= 0.3 is 11.9 Å². The maximum Gasteiger partial charge on any atom is 0.346 e. The Hall–Kier alpha value is -2.59. The molecular formula is C13H10O6. The second kappa shape index (κ2) is 5.37. The first-order valence-electron chi connectivity index (χ1n) is 5.49. The van der Waals surface area contributed by atoms with Crippen LogP contribution in [0.2, 0.25) is 0 Å². The number of carboxylic acids is 1. The molecule has 1 unspecified atom stereocenters. The van der Waals surface area contributed by atoms with E-state index < -0.39 is 24.6 Å². The van der Waals surface area contributed by atoms with Gasteiger partial charge in [0, 0.05) is 6.42 Å². The summed E-state index contributed by atoms with van der Waals surface area (Å²) in [6.45, 7) is -0.421. The van der Waals surface area contributed by atoms with E-state index in [1.54, 1.807) is 30.2 Å². The van der Waals surface area contributed by atoms with E-state index in [2.05, 4.69) is 0 Å². The van der Waals surface area contributed by atoms with E-state index in [9.17, 15) is 14.4 Å². The molecule has 0 aromatic heterocycles. The molecule has 6 nitrogen and oxygen atoms in total. The summed E-state index contributed by atoms with van der Waals surface area (Å²) in [6.07, 6.45) is -0.310. The number of carboxylic acid groups (broad SMARTS) is 1. The van der Waals surface area contributed by atoms with Gasteiger partial charge in [0.15, 0.2) is 6.61 Å². The third-order valence-corrected chi connectivity index (χ3v) is 2.62. The van der Waals surface area contributed by atoms with Crippen molar-refractivity contribution in [3.63, 3.8) is 0 Å². The third-order valence-electron chi connectivity index (χ3n) is 2.62. The van der Waals surface area contributed by atoms with E-state index in [0.717, 1.165) is 0 Å². The summed E-state index contributed by atoms with van der Waals surface area (Å²) in [6, 6.07) is 6.47. The van der Waals surface area contributed by atoms with Gasteiger partial charge in [-0.25, -0.2) is 14.4 Å². The number of ether oxygens (including phenoxy) is 2. The van der Waals surface area contributed by atoms with Gasteiger partial charge in [-0.3, -0.25) is 0 Å². The minimum absolute atomic E-state index is 0.00352. The molecule has 2 rings (SSSR count). The zero-order valence-corrected chi connectivity index (χ0v) is 9.79. The molecule has 1 aliphatic rings. The highest BCUT2D eigenvalue weighted by Gasteiger charge is 2.31. The van der Waals surface area contributed by atoms with Gasteiger partial charge in [0.1, 0.15) is 23.4 Å². The average molecular weight is 262 g/mol. The topological polar surface area (TPSA) is 89.9 Å². The lowest BCUT2D eigenvalue weighted by atomic mass is 10.1. The summed E-state index contributed by atoms with van der Waals surface area (Å²) in [5.74, 6) is 0.256. The molecule has 6 heteroatoms. The van der Waals surface area contributed by atoms with Crippen LogP contribution in [0.15, 0.2) is 29.8 Å². The van der Waals surface area contributed by atoms with Crippen molar-refractivity contribution in [1.29, 1.82) is 0 Å². The van der Waals surface area contributed by atoms with E-state index in [4.69, 9.17) is 14.6 Å². The van der Waals surface area contributed by atoms with E-state index >= 15 is 0 Å². The highest BCUT2D eigenvalue weighted by atomic mass is 16.5. The lowest BCUT2D eigenvalue weighted by Gasteiger charge is -2.09. The molecule has 0 aliphatic carbocycles. The molecule has 1 heterocycles. The minimum Gasteiger partial charge on any atom is -0.482 e. The van der Waals surface area contributed by atoms with Crippen LogP contribution in [0.3, 0.4) is 0 Å². The number of hydrogen-bond acceptors (Lipinski definition) is 5. The Bertz CT molecular complexity index is 553. The van der Waals surface area contributed by atoms with Crippen LogP contribution in [0.1, 0.15) is 18.1 Å². The first kappa shape index (κ1) is 12.9. The molecule has 0 saturated carbocycles. The highest BCUT2D eigenvalue weighted by Crippen LogP contribution is 2.32. The quantitative estimate of drug-likeness (QED) is 0.492. The molecule has 1 aliphatic heterocycles. The van der Waals surface area contributed by atoms with Gasteiger partial charge in [0.25, 0.3) is 0 Å². The lowest BCUT2D eigenvalue weighted by Crippen LogP contribution is -2.09. The number of carbonyl (C=O) groups is 2. The molecule has 0 amide bonds. The highest BCUT2D eigenvalue weighted by molar-refractivity contribution is 5.98. The van der Waals surface area contributed by atoms with Crippen LogP contribution >= 0.6 is 0 Å². The molecule has 0 bridgehead atoms. The third kappa shape index (κ3) is 3.00. The normalized spacial score (nSPS) is 17.8. The van der Waals surface area contributed by atoms with Crippen molar-refractivity contribution in [2.24, 2.45) is 0 Å². The number of carbonyl (C=O) groups excluding carboxylic acids is 2. The Morgan fingerprint density at radius 3 is 2.63 bits per heavy atom. The summed E-state index contributed by atoms with van der Waals surface area (Å²) < 4.78 is 9.99. The summed E-state index contributed by atoms with van der Waals surface area (Å²) in [7, 11) is 0. The second-order valence-electron chi connectivity index (χ2n) is 3.93. The van der Waals surface area contributed by atoms with Crippen molar-refractivity contribution in [2.45, 2.75) is 12.5 Å². The maximum absolute atomic E-state index is 11.2. The Labute approximate surface area is 108 Å². The van der Waals surface area contributed by atoms with Crippen molar-refractivity contribution in [2.75, 3.05) is 6.61 Å². The fraction of sp³-hybridized carbons (Fsp3) is 0.231. The van der Waals surface area contributed by atoms with Crippen molar-refractivity contribution < 1.29 is 29.0 Å². The largest absolute Gasteiger partial charge is 0.482 e. The van der Waals surface area contributed by atoms with Crippen LogP contribution < -0.4 is 4.74 Å². The molecule has 19 heavy (non-hydrogen) atoms. The molecule has 1 aromatic rings. The van der Waals surface area contributed by atoms with Crippen LogP contribution in [0.25, 0.3) is 0 Å². The minimum atomic E-state index is -1.06. The van der Waals surface area contributed by atoms with Gasteiger partial charge in [-0.2, -0.15) is 0 Å². The van der Waals surface area contributed by atoms with Crippen LogP contribution in [0.5, 0.6) is 5.75 Å². The second-order valence-corrected chi connectivity index (χ2v) is 3.93. The smallest absolute Gasteiger partial charge is 0.346 e.